The van der Waals surface area contributed by atoms with Crippen LogP contribution >= 0.6 is 0 Å². The fourth-order valence-corrected chi connectivity index (χ4v) is 4.96. The van der Waals surface area contributed by atoms with Crippen LogP contribution in [0.4, 0.5) is 0 Å². The lowest BCUT2D eigenvalue weighted by Gasteiger charge is -2.15. The highest BCUT2D eigenvalue weighted by atomic mass is 28.3. The Hall–Kier alpha value is -2.27. The molecule has 4 nitrogen and oxygen atoms in total. The average molecular weight is 485 g/mol. The molecule has 0 atom stereocenters. The van der Waals surface area contributed by atoms with Crippen LogP contribution in [-0.2, 0) is 0 Å². The van der Waals surface area contributed by atoms with Gasteiger partial charge in [0, 0.05) is 8.07 Å². The van der Waals surface area contributed by atoms with Crippen molar-refractivity contribution in [1.82, 2.24) is 0 Å². The zero-order chi connectivity index (χ0) is 24.7. The van der Waals surface area contributed by atoms with Crippen molar-refractivity contribution in [3.8, 4) is 17.2 Å². The molecule has 0 fully saturated rings. The Labute approximate surface area is 208 Å². The number of rotatable bonds is 17. The Morgan fingerprint density at radius 3 is 1.68 bits per heavy atom. The summed E-state index contributed by atoms with van der Waals surface area (Å²) in [6.07, 6.45) is 11.0. The largest absolute Gasteiger partial charge is 0.494 e. The number of carbonyl (C=O) groups excluding carboxylic acids is 1. The van der Waals surface area contributed by atoms with Gasteiger partial charge in [-0.2, -0.15) is 0 Å². The molecule has 0 unspecified atom stereocenters. The summed E-state index contributed by atoms with van der Waals surface area (Å²) in [5.74, 6) is 1.72. The second-order valence-electron chi connectivity index (χ2n) is 10.2. The summed E-state index contributed by atoms with van der Waals surface area (Å²) in [5.41, 5.74) is 0.505. The maximum Gasteiger partial charge on any atom is 0.343 e. The Kier molecular flexibility index (Phi) is 12.8. The molecule has 0 aliphatic carbocycles. The third-order valence-electron chi connectivity index (χ3n) is 5.73. The minimum absolute atomic E-state index is 0.376. The van der Waals surface area contributed by atoms with Crippen molar-refractivity contribution in [3.63, 3.8) is 0 Å². The summed E-state index contributed by atoms with van der Waals surface area (Å²) >= 11 is 0. The molecule has 0 aromatic heterocycles. The van der Waals surface area contributed by atoms with Crippen LogP contribution in [0.15, 0.2) is 48.5 Å². The first-order chi connectivity index (χ1) is 16.4. The van der Waals surface area contributed by atoms with E-state index in [0.29, 0.717) is 17.9 Å². The standard InChI is InChI=1S/C29H44O4Si/c1-5-6-7-8-9-11-22-32-27-18-20-28(21-19-27)33-29(30)25-14-16-26(17-15-25)31-23-12-10-13-24-34(2,3)4/h14-21H,5-13,22-24H2,1-4H3. The van der Waals surface area contributed by atoms with Crippen LogP contribution < -0.4 is 14.2 Å². The topological polar surface area (TPSA) is 44.8 Å². The first-order valence-corrected chi connectivity index (χ1v) is 16.8. The minimum Gasteiger partial charge on any atom is -0.494 e. The van der Waals surface area contributed by atoms with Crippen LogP contribution in [0.2, 0.25) is 25.7 Å². The van der Waals surface area contributed by atoms with Crippen LogP contribution in [0.25, 0.3) is 0 Å². The predicted molar refractivity (Wildman–Crippen MR) is 144 cm³/mol. The van der Waals surface area contributed by atoms with Gasteiger partial charge in [0.15, 0.2) is 0 Å². The van der Waals surface area contributed by atoms with Crippen molar-refractivity contribution in [2.24, 2.45) is 0 Å². The van der Waals surface area contributed by atoms with Gasteiger partial charge in [-0.3, -0.25) is 0 Å². The molecule has 0 radical (unpaired) electrons. The molecule has 2 rings (SSSR count). The summed E-state index contributed by atoms with van der Waals surface area (Å²) in [7, 11) is -0.933. The second kappa shape index (κ2) is 15.6. The van der Waals surface area contributed by atoms with Gasteiger partial charge in [-0.1, -0.05) is 77.6 Å². The molecule has 0 aliphatic rings. The summed E-state index contributed by atoms with van der Waals surface area (Å²) in [6.45, 7) is 10.9. The fraction of sp³-hybridized carbons (Fsp3) is 0.552. The molecule has 0 heterocycles. The Bertz CT molecular complexity index is 810. The third-order valence-corrected chi connectivity index (χ3v) is 7.58. The SMILES string of the molecule is CCCCCCCCOc1ccc(OC(=O)c2ccc(OCCCCC[Si](C)(C)C)cc2)cc1. The van der Waals surface area contributed by atoms with E-state index in [1.54, 1.807) is 24.3 Å². The number of hydrogen-bond acceptors (Lipinski definition) is 4. The van der Waals surface area contributed by atoms with Gasteiger partial charge in [-0.15, -0.1) is 0 Å². The Morgan fingerprint density at radius 1 is 0.647 bits per heavy atom. The lowest BCUT2D eigenvalue weighted by molar-refractivity contribution is 0.0734. The fourth-order valence-electron chi connectivity index (χ4n) is 3.65. The molecule has 0 amide bonds. The second-order valence-corrected chi connectivity index (χ2v) is 15.8. The summed E-state index contributed by atoms with van der Waals surface area (Å²) in [5, 5.41) is 0. The highest BCUT2D eigenvalue weighted by molar-refractivity contribution is 6.76. The summed E-state index contributed by atoms with van der Waals surface area (Å²) < 4.78 is 17.1. The minimum atomic E-state index is -0.933. The highest BCUT2D eigenvalue weighted by Gasteiger charge is 2.12. The van der Waals surface area contributed by atoms with Gasteiger partial charge in [0.2, 0.25) is 0 Å². The molecule has 0 bridgehead atoms. The molecule has 2 aromatic rings. The molecule has 0 saturated heterocycles. The van der Waals surface area contributed by atoms with Crippen LogP contribution in [0, 0.1) is 0 Å². The first-order valence-electron chi connectivity index (χ1n) is 13.1. The third kappa shape index (κ3) is 12.3. The number of carbonyl (C=O) groups is 1. The van der Waals surface area contributed by atoms with Gasteiger partial charge in [0.1, 0.15) is 17.2 Å². The van der Waals surface area contributed by atoms with Crippen molar-refractivity contribution in [3.05, 3.63) is 54.1 Å². The van der Waals surface area contributed by atoms with E-state index < -0.39 is 8.07 Å². The van der Waals surface area contributed by atoms with Gasteiger partial charge in [0.25, 0.3) is 0 Å². The average Bonchev–Trinajstić information content (AvgIpc) is 2.81. The van der Waals surface area contributed by atoms with Gasteiger partial charge >= 0.3 is 5.97 Å². The first kappa shape index (κ1) is 28.0. The highest BCUT2D eigenvalue weighted by Crippen LogP contribution is 2.20. The van der Waals surface area contributed by atoms with E-state index in [0.717, 1.165) is 30.9 Å². The zero-order valence-corrected chi connectivity index (χ0v) is 22.7. The number of benzene rings is 2. The molecule has 0 N–H and O–H groups in total. The van der Waals surface area contributed by atoms with E-state index >= 15 is 0 Å². The van der Waals surface area contributed by atoms with Crippen molar-refractivity contribution in [1.29, 1.82) is 0 Å². The van der Waals surface area contributed by atoms with E-state index in [9.17, 15) is 4.79 Å². The lowest BCUT2D eigenvalue weighted by atomic mass is 10.1. The maximum atomic E-state index is 12.5. The van der Waals surface area contributed by atoms with E-state index in [-0.39, 0.29) is 5.97 Å². The van der Waals surface area contributed by atoms with Crippen molar-refractivity contribution in [2.75, 3.05) is 13.2 Å². The molecule has 0 saturated carbocycles. The van der Waals surface area contributed by atoms with E-state index in [1.165, 1.54) is 51.0 Å². The van der Waals surface area contributed by atoms with Crippen LogP contribution in [0.5, 0.6) is 17.2 Å². The summed E-state index contributed by atoms with van der Waals surface area (Å²) in [4.78, 5) is 12.5. The summed E-state index contributed by atoms with van der Waals surface area (Å²) in [6, 6.07) is 15.8. The van der Waals surface area contributed by atoms with Crippen molar-refractivity contribution in [2.45, 2.75) is 90.4 Å². The molecule has 0 spiro atoms. The lowest BCUT2D eigenvalue weighted by Crippen LogP contribution is -2.18. The molecule has 188 valence electrons. The monoisotopic (exact) mass is 484 g/mol. The predicted octanol–water partition coefficient (Wildman–Crippen LogP) is 8.53. The molecule has 0 aliphatic heterocycles. The van der Waals surface area contributed by atoms with Gasteiger partial charge in [0.05, 0.1) is 18.8 Å². The molecule has 2 aromatic carbocycles. The molecular weight excluding hydrogens is 440 g/mol. The Morgan fingerprint density at radius 2 is 1.12 bits per heavy atom. The van der Waals surface area contributed by atoms with Gasteiger partial charge in [-0.25, -0.2) is 4.79 Å². The Balaban J connectivity index is 1.66. The van der Waals surface area contributed by atoms with E-state index in [2.05, 4.69) is 26.6 Å². The molecule has 34 heavy (non-hydrogen) atoms. The van der Waals surface area contributed by atoms with Gasteiger partial charge in [-0.05, 0) is 61.4 Å². The van der Waals surface area contributed by atoms with E-state index in [4.69, 9.17) is 14.2 Å². The van der Waals surface area contributed by atoms with Crippen LogP contribution in [-0.4, -0.2) is 27.3 Å². The van der Waals surface area contributed by atoms with Crippen molar-refractivity contribution >= 4 is 14.0 Å². The maximum absolute atomic E-state index is 12.5. The molecular formula is C29H44O4Si. The normalized spacial score (nSPS) is 11.3. The van der Waals surface area contributed by atoms with Crippen molar-refractivity contribution < 1.29 is 19.0 Å². The molecule has 5 heteroatoms. The van der Waals surface area contributed by atoms with Crippen LogP contribution in [0.1, 0.15) is 75.1 Å². The number of hydrogen-bond donors (Lipinski definition) is 0. The number of ether oxygens (including phenoxy) is 3. The van der Waals surface area contributed by atoms with Crippen LogP contribution in [0.3, 0.4) is 0 Å². The van der Waals surface area contributed by atoms with E-state index in [1.807, 2.05) is 24.3 Å². The number of esters is 1. The quantitative estimate of drug-likeness (QED) is 0.0976. The number of unbranched alkanes of at least 4 members (excludes halogenated alkanes) is 7. The zero-order valence-electron chi connectivity index (χ0n) is 21.7. The smallest absolute Gasteiger partial charge is 0.343 e. The van der Waals surface area contributed by atoms with Gasteiger partial charge < -0.3 is 14.2 Å².